The number of guanidine groups is 1. The first kappa shape index (κ1) is 21.1. The van der Waals surface area contributed by atoms with Gasteiger partial charge in [-0.1, -0.05) is 25.3 Å². The highest BCUT2D eigenvalue weighted by molar-refractivity contribution is 14.0. The second-order valence-electron chi connectivity index (χ2n) is 6.73. The molecular weight excluding hydrogens is 459 g/mol. The zero-order chi connectivity index (χ0) is 17.5. The Balaban J connectivity index is 0.00000243. The minimum atomic E-state index is 0. The van der Waals surface area contributed by atoms with Gasteiger partial charge in [-0.25, -0.2) is 4.99 Å². The van der Waals surface area contributed by atoms with Gasteiger partial charge in [0.25, 0.3) is 0 Å². The molecule has 0 unspecified atom stereocenters. The van der Waals surface area contributed by atoms with E-state index in [-0.39, 0.29) is 29.4 Å². The molecule has 6 nitrogen and oxygen atoms in total. The Bertz CT molecular complexity index is 676. The van der Waals surface area contributed by atoms with Crippen LogP contribution in [0.1, 0.15) is 49.7 Å². The van der Waals surface area contributed by atoms with Gasteiger partial charge in [-0.2, -0.15) is 0 Å². The molecule has 3 rings (SSSR count). The fourth-order valence-electron chi connectivity index (χ4n) is 3.51. The number of rotatable bonds is 6. The standard InChI is InChI=1S/C18H28N6S.HI/c1-3-19-17(20-12-16-23-22-14-24(16)2)21-13-18(9-5-4-6-10-18)15-8-7-11-25-15;/h7-8,11,14H,3-6,9-10,12-13H2,1-2H3,(H2,19,20,21);1H. The van der Waals surface area contributed by atoms with Crippen molar-refractivity contribution in [2.75, 3.05) is 13.1 Å². The van der Waals surface area contributed by atoms with E-state index >= 15 is 0 Å². The van der Waals surface area contributed by atoms with Crippen LogP contribution in [0, 0.1) is 0 Å². The van der Waals surface area contributed by atoms with Crippen LogP contribution in [0.5, 0.6) is 0 Å². The van der Waals surface area contributed by atoms with E-state index in [0.717, 1.165) is 24.9 Å². The van der Waals surface area contributed by atoms with Crippen molar-refractivity contribution < 1.29 is 0 Å². The smallest absolute Gasteiger partial charge is 0.191 e. The summed E-state index contributed by atoms with van der Waals surface area (Å²) >= 11 is 1.88. The second kappa shape index (κ2) is 10.2. The first-order chi connectivity index (χ1) is 12.2. The van der Waals surface area contributed by atoms with Crippen molar-refractivity contribution in [1.82, 2.24) is 25.4 Å². The molecule has 0 atom stereocenters. The Hall–Kier alpha value is -1.16. The molecule has 1 fully saturated rings. The molecular formula is C18H29IN6S. The maximum Gasteiger partial charge on any atom is 0.191 e. The van der Waals surface area contributed by atoms with E-state index in [1.165, 1.54) is 37.0 Å². The van der Waals surface area contributed by atoms with E-state index in [4.69, 9.17) is 0 Å². The lowest BCUT2D eigenvalue weighted by molar-refractivity contribution is 0.296. The molecule has 0 aromatic carbocycles. The van der Waals surface area contributed by atoms with E-state index in [0.29, 0.717) is 6.54 Å². The maximum atomic E-state index is 4.69. The molecule has 2 heterocycles. The van der Waals surface area contributed by atoms with Gasteiger partial charge in [0.15, 0.2) is 11.8 Å². The minimum Gasteiger partial charge on any atom is -0.357 e. The largest absolute Gasteiger partial charge is 0.357 e. The Kier molecular flexibility index (Phi) is 8.33. The van der Waals surface area contributed by atoms with Crippen molar-refractivity contribution in [2.45, 2.75) is 51.0 Å². The van der Waals surface area contributed by atoms with E-state index in [1.807, 2.05) is 23.0 Å². The molecule has 144 valence electrons. The number of aromatic nitrogens is 3. The average Bonchev–Trinajstić information content (AvgIpc) is 3.30. The molecule has 2 N–H and O–H groups in total. The fraction of sp³-hybridized carbons (Fsp3) is 0.611. The highest BCUT2D eigenvalue weighted by atomic mass is 127. The molecule has 1 aliphatic rings. The predicted octanol–water partition coefficient (Wildman–Crippen LogP) is 3.45. The van der Waals surface area contributed by atoms with Gasteiger partial charge in [0, 0.05) is 30.4 Å². The second-order valence-corrected chi connectivity index (χ2v) is 7.67. The van der Waals surface area contributed by atoms with Crippen LogP contribution < -0.4 is 10.6 Å². The van der Waals surface area contributed by atoms with Gasteiger partial charge >= 0.3 is 0 Å². The summed E-state index contributed by atoms with van der Waals surface area (Å²) < 4.78 is 1.90. The highest BCUT2D eigenvalue weighted by Crippen LogP contribution is 2.41. The zero-order valence-corrected chi connectivity index (χ0v) is 18.7. The van der Waals surface area contributed by atoms with E-state index < -0.39 is 0 Å². The summed E-state index contributed by atoms with van der Waals surface area (Å²) in [7, 11) is 1.94. The number of hydrogen-bond acceptors (Lipinski definition) is 4. The lowest BCUT2D eigenvalue weighted by Crippen LogP contribution is -2.46. The molecule has 1 saturated carbocycles. The Labute approximate surface area is 176 Å². The Morgan fingerprint density at radius 2 is 2.12 bits per heavy atom. The zero-order valence-electron chi connectivity index (χ0n) is 15.6. The van der Waals surface area contributed by atoms with Crippen molar-refractivity contribution in [3.63, 3.8) is 0 Å². The minimum absolute atomic E-state index is 0. The third kappa shape index (κ3) is 5.18. The molecule has 1 aliphatic carbocycles. The monoisotopic (exact) mass is 488 g/mol. The summed E-state index contributed by atoms with van der Waals surface area (Å²) in [4.78, 5) is 6.19. The molecule has 8 heteroatoms. The number of nitrogens with one attached hydrogen (secondary N) is 2. The first-order valence-corrected chi connectivity index (χ1v) is 10.0. The average molecular weight is 488 g/mol. The molecule has 26 heavy (non-hydrogen) atoms. The maximum absolute atomic E-state index is 4.69. The number of hydrogen-bond donors (Lipinski definition) is 2. The van der Waals surface area contributed by atoms with Crippen molar-refractivity contribution in [2.24, 2.45) is 12.0 Å². The van der Waals surface area contributed by atoms with Gasteiger partial charge in [0.1, 0.15) is 12.9 Å². The van der Waals surface area contributed by atoms with Crippen LogP contribution in [0.25, 0.3) is 0 Å². The van der Waals surface area contributed by atoms with Crippen LogP contribution in [0.4, 0.5) is 0 Å². The SMILES string of the molecule is CCNC(=NCc1nncn1C)NCC1(c2cccs2)CCCCC1.I. The third-order valence-electron chi connectivity index (χ3n) is 4.98. The van der Waals surface area contributed by atoms with Crippen molar-refractivity contribution in [1.29, 1.82) is 0 Å². The van der Waals surface area contributed by atoms with Crippen LogP contribution >= 0.6 is 35.3 Å². The number of aryl methyl sites for hydroxylation is 1. The van der Waals surface area contributed by atoms with Crippen LogP contribution in [-0.2, 0) is 19.0 Å². The van der Waals surface area contributed by atoms with Gasteiger partial charge in [0.05, 0.1) is 0 Å². The van der Waals surface area contributed by atoms with Crippen molar-refractivity contribution in [3.05, 3.63) is 34.5 Å². The van der Waals surface area contributed by atoms with Crippen LogP contribution in [-0.4, -0.2) is 33.8 Å². The molecule has 0 saturated heterocycles. The van der Waals surface area contributed by atoms with E-state index in [2.05, 4.69) is 50.3 Å². The number of halogens is 1. The topological polar surface area (TPSA) is 67.1 Å². The van der Waals surface area contributed by atoms with Gasteiger partial charge in [-0.3, -0.25) is 0 Å². The van der Waals surface area contributed by atoms with E-state index in [1.54, 1.807) is 6.33 Å². The van der Waals surface area contributed by atoms with E-state index in [9.17, 15) is 0 Å². The molecule has 0 aliphatic heterocycles. The third-order valence-corrected chi connectivity index (χ3v) is 6.09. The number of thiophene rings is 1. The lowest BCUT2D eigenvalue weighted by Gasteiger charge is -2.37. The summed E-state index contributed by atoms with van der Waals surface area (Å²) in [5.41, 5.74) is 0.243. The van der Waals surface area contributed by atoms with Gasteiger partial charge in [-0.05, 0) is 31.2 Å². The van der Waals surface area contributed by atoms with Crippen molar-refractivity contribution in [3.8, 4) is 0 Å². The highest BCUT2D eigenvalue weighted by Gasteiger charge is 2.34. The molecule has 0 amide bonds. The summed E-state index contributed by atoms with van der Waals surface area (Å²) in [5, 5.41) is 17.2. The lowest BCUT2D eigenvalue weighted by atomic mass is 9.73. The molecule has 0 spiro atoms. The quantitative estimate of drug-likeness (QED) is 0.372. The fourth-order valence-corrected chi connectivity index (χ4v) is 4.50. The number of nitrogens with zero attached hydrogens (tertiary/aromatic N) is 4. The molecule has 0 bridgehead atoms. The summed E-state index contributed by atoms with van der Waals surface area (Å²) in [6.07, 6.45) is 8.19. The Morgan fingerprint density at radius 3 is 2.73 bits per heavy atom. The Morgan fingerprint density at radius 1 is 1.31 bits per heavy atom. The predicted molar refractivity (Wildman–Crippen MR) is 118 cm³/mol. The normalized spacial score (nSPS) is 16.8. The van der Waals surface area contributed by atoms with Crippen LogP contribution in [0.2, 0.25) is 0 Å². The van der Waals surface area contributed by atoms with Crippen LogP contribution in [0.15, 0.2) is 28.8 Å². The summed E-state index contributed by atoms with van der Waals surface area (Å²) in [5.74, 6) is 1.72. The molecule has 0 radical (unpaired) electrons. The molecule has 2 aromatic heterocycles. The summed E-state index contributed by atoms with van der Waals surface area (Å²) in [6.45, 7) is 4.39. The first-order valence-electron chi connectivity index (χ1n) is 9.12. The van der Waals surface area contributed by atoms with Gasteiger partial charge < -0.3 is 15.2 Å². The summed E-state index contributed by atoms with van der Waals surface area (Å²) in [6, 6.07) is 4.46. The molecule has 2 aromatic rings. The van der Waals surface area contributed by atoms with Crippen molar-refractivity contribution >= 4 is 41.3 Å². The van der Waals surface area contributed by atoms with Gasteiger partial charge in [0.2, 0.25) is 0 Å². The number of aliphatic imine (C=N–C) groups is 1. The van der Waals surface area contributed by atoms with Crippen LogP contribution in [0.3, 0.4) is 0 Å². The van der Waals surface area contributed by atoms with Gasteiger partial charge in [-0.15, -0.1) is 45.5 Å².